The Labute approximate surface area is 93.0 Å². The monoisotopic (exact) mass is 219 g/mol. The van der Waals surface area contributed by atoms with Crippen LogP contribution in [0.3, 0.4) is 0 Å². The fourth-order valence-electron chi connectivity index (χ4n) is 1.63. The highest BCUT2D eigenvalue weighted by Crippen LogP contribution is 2.29. The largest absolute Gasteiger partial charge is 0.492 e. The van der Waals surface area contributed by atoms with Gasteiger partial charge in [0.2, 0.25) is 0 Å². The summed E-state index contributed by atoms with van der Waals surface area (Å²) in [4.78, 5) is 0. The lowest BCUT2D eigenvalue weighted by Gasteiger charge is -2.21. The quantitative estimate of drug-likeness (QED) is 0.636. The Balaban J connectivity index is 2.48. The molecule has 1 aliphatic rings. The number of hydrogen-bond acceptors (Lipinski definition) is 5. The Morgan fingerprint density at radius 3 is 2.75 bits per heavy atom. The van der Waals surface area contributed by atoms with Crippen molar-refractivity contribution in [2.24, 2.45) is 0 Å². The molecular weight excluding hydrogens is 209 g/mol. The molecule has 0 aliphatic carbocycles. The van der Waals surface area contributed by atoms with Gasteiger partial charge in [0.1, 0.15) is 13.2 Å². The van der Waals surface area contributed by atoms with Crippen LogP contribution in [-0.4, -0.2) is 30.4 Å². The zero-order valence-electron chi connectivity index (χ0n) is 8.51. The summed E-state index contributed by atoms with van der Waals surface area (Å²) in [7, 11) is -1.63. The molecule has 1 aliphatic heterocycles. The molecule has 1 aromatic rings. The van der Waals surface area contributed by atoms with Crippen molar-refractivity contribution in [3.8, 4) is 17.6 Å². The lowest BCUT2D eigenvalue weighted by Crippen LogP contribution is -2.34. The minimum atomic E-state index is -1.63. The van der Waals surface area contributed by atoms with Crippen LogP contribution in [0.2, 0.25) is 0 Å². The second-order valence-corrected chi connectivity index (χ2v) is 3.42. The molecule has 0 spiro atoms. The molecule has 1 aromatic carbocycles. The van der Waals surface area contributed by atoms with Crippen molar-refractivity contribution < 1.29 is 19.5 Å². The molecular formula is C10H10BNO4. The van der Waals surface area contributed by atoms with E-state index in [0.29, 0.717) is 30.3 Å². The van der Waals surface area contributed by atoms with E-state index in [2.05, 4.69) is 0 Å². The molecule has 1 heterocycles. The third-order valence-electron chi connectivity index (χ3n) is 2.29. The van der Waals surface area contributed by atoms with Crippen LogP contribution in [0, 0.1) is 11.3 Å². The Kier molecular flexibility index (Phi) is 2.99. The summed E-state index contributed by atoms with van der Waals surface area (Å²) >= 11 is 0. The number of hydrogen-bond donors (Lipinski definition) is 2. The first kappa shape index (κ1) is 10.8. The van der Waals surface area contributed by atoms with Crippen molar-refractivity contribution in [2.75, 3.05) is 13.2 Å². The molecule has 0 saturated heterocycles. The molecule has 0 atom stereocenters. The van der Waals surface area contributed by atoms with Crippen LogP contribution in [0.15, 0.2) is 12.1 Å². The number of nitriles is 1. The number of nitrogens with zero attached hydrogens (tertiary/aromatic N) is 1. The van der Waals surface area contributed by atoms with Crippen molar-refractivity contribution in [3.05, 3.63) is 17.7 Å². The molecule has 5 nitrogen and oxygen atoms in total. The van der Waals surface area contributed by atoms with E-state index in [9.17, 15) is 10.0 Å². The van der Waals surface area contributed by atoms with Crippen molar-refractivity contribution in [2.45, 2.75) is 6.42 Å². The Hall–Kier alpha value is -1.71. The van der Waals surface area contributed by atoms with Crippen molar-refractivity contribution in [1.82, 2.24) is 0 Å². The van der Waals surface area contributed by atoms with Crippen LogP contribution in [0.1, 0.15) is 5.56 Å². The fourth-order valence-corrected chi connectivity index (χ4v) is 1.63. The van der Waals surface area contributed by atoms with Gasteiger partial charge in [-0.3, -0.25) is 0 Å². The smallest absolute Gasteiger partial charge is 0.487 e. The molecule has 0 unspecified atom stereocenters. The molecule has 0 fully saturated rings. The molecule has 0 radical (unpaired) electrons. The van der Waals surface area contributed by atoms with E-state index in [1.807, 2.05) is 6.07 Å². The molecule has 2 N–H and O–H groups in total. The standard InChI is InChI=1S/C10H10BNO4/c12-2-1-7-5-8(11(13)14)10-9(6-7)15-3-4-16-10/h5-6,13-14H,1,3-4H2. The summed E-state index contributed by atoms with van der Waals surface area (Å²) in [5.41, 5.74) is 0.914. The van der Waals surface area contributed by atoms with Crippen LogP contribution in [0.5, 0.6) is 11.5 Å². The summed E-state index contributed by atoms with van der Waals surface area (Å²) in [6.45, 7) is 0.800. The lowest BCUT2D eigenvalue weighted by molar-refractivity contribution is 0.172. The summed E-state index contributed by atoms with van der Waals surface area (Å²) in [5, 5.41) is 27.0. The van der Waals surface area contributed by atoms with Gasteiger partial charge in [-0.25, -0.2) is 0 Å². The number of rotatable bonds is 2. The number of ether oxygens (including phenoxy) is 2. The molecule has 0 saturated carbocycles. The van der Waals surface area contributed by atoms with Crippen molar-refractivity contribution >= 4 is 12.6 Å². The van der Waals surface area contributed by atoms with Crippen LogP contribution >= 0.6 is 0 Å². The second-order valence-electron chi connectivity index (χ2n) is 3.42. The first-order valence-electron chi connectivity index (χ1n) is 4.88. The maximum Gasteiger partial charge on any atom is 0.492 e. The van der Waals surface area contributed by atoms with E-state index in [0.717, 1.165) is 0 Å². The van der Waals surface area contributed by atoms with Gasteiger partial charge < -0.3 is 19.5 Å². The van der Waals surface area contributed by atoms with Crippen LogP contribution in [0.4, 0.5) is 0 Å². The van der Waals surface area contributed by atoms with E-state index in [1.54, 1.807) is 12.1 Å². The molecule has 6 heteroatoms. The second kappa shape index (κ2) is 4.43. The molecule has 0 aromatic heterocycles. The average molecular weight is 219 g/mol. The van der Waals surface area contributed by atoms with Gasteiger partial charge in [-0.1, -0.05) is 6.07 Å². The summed E-state index contributed by atoms with van der Waals surface area (Å²) in [6.07, 6.45) is 0.191. The minimum Gasteiger partial charge on any atom is -0.487 e. The average Bonchev–Trinajstić information content (AvgIpc) is 2.28. The van der Waals surface area contributed by atoms with Gasteiger partial charge in [0.05, 0.1) is 12.5 Å². The zero-order valence-corrected chi connectivity index (χ0v) is 8.51. The van der Waals surface area contributed by atoms with E-state index in [-0.39, 0.29) is 11.9 Å². The van der Waals surface area contributed by atoms with Gasteiger partial charge in [-0.2, -0.15) is 5.26 Å². The molecule has 2 rings (SSSR count). The van der Waals surface area contributed by atoms with Gasteiger partial charge in [-0.15, -0.1) is 0 Å². The topological polar surface area (TPSA) is 82.7 Å². The van der Waals surface area contributed by atoms with Crippen LogP contribution in [0.25, 0.3) is 0 Å². The molecule has 16 heavy (non-hydrogen) atoms. The summed E-state index contributed by atoms with van der Waals surface area (Å²) in [6, 6.07) is 5.22. The Bertz CT molecular complexity index is 441. The van der Waals surface area contributed by atoms with E-state index < -0.39 is 7.12 Å². The van der Waals surface area contributed by atoms with Crippen LogP contribution < -0.4 is 14.9 Å². The predicted molar refractivity (Wildman–Crippen MR) is 56.6 cm³/mol. The third-order valence-corrected chi connectivity index (χ3v) is 2.29. The van der Waals surface area contributed by atoms with Gasteiger partial charge in [-0.05, 0) is 11.6 Å². The predicted octanol–water partition coefficient (Wildman–Crippen LogP) is -0.796. The van der Waals surface area contributed by atoms with Crippen molar-refractivity contribution in [3.63, 3.8) is 0 Å². The maximum atomic E-state index is 9.21. The highest BCUT2D eigenvalue weighted by atomic mass is 16.6. The van der Waals surface area contributed by atoms with E-state index >= 15 is 0 Å². The zero-order chi connectivity index (χ0) is 11.5. The normalized spacial score (nSPS) is 13.1. The summed E-state index contributed by atoms with van der Waals surface area (Å²) in [5.74, 6) is 0.810. The first-order chi connectivity index (χ1) is 7.72. The van der Waals surface area contributed by atoms with Gasteiger partial charge in [0.15, 0.2) is 11.5 Å². The van der Waals surface area contributed by atoms with Crippen LogP contribution in [-0.2, 0) is 6.42 Å². The lowest BCUT2D eigenvalue weighted by atomic mass is 9.78. The summed E-state index contributed by atoms with van der Waals surface area (Å²) < 4.78 is 10.7. The molecule has 82 valence electrons. The van der Waals surface area contributed by atoms with Crippen molar-refractivity contribution in [1.29, 1.82) is 5.26 Å². The Morgan fingerprint density at radius 1 is 1.31 bits per heavy atom. The third kappa shape index (κ3) is 1.96. The molecule has 0 bridgehead atoms. The van der Waals surface area contributed by atoms with Gasteiger partial charge in [0.25, 0.3) is 0 Å². The highest BCUT2D eigenvalue weighted by Gasteiger charge is 2.24. The van der Waals surface area contributed by atoms with Gasteiger partial charge in [0, 0.05) is 5.46 Å². The molecule has 0 amide bonds. The first-order valence-corrected chi connectivity index (χ1v) is 4.88. The fraction of sp³-hybridized carbons (Fsp3) is 0.300. The maximum absolute atomic E-state index is 9.21. The van der Waals surface area contributed by atoms with Gasteiger partial charge >= 0.3 is 7.12 Å². The van der Waals surface area contributed by atoms with E-state index in [4.69, 9.17) is 14.7 Å². The SMILES string of the molecule is N#CCc1cc2c(c(B(O)O)c1)OCCO2. The minimum absolute atomic E-state index is 0.191. The highest BCUT2D eigenvalue weighted by molar-refractivity contribution is 6.60. The van der Waals surface area contributed by atoms with E-state index in [1.165, 1.54) is 0 Å². The number of fused-ring (bicyclic) bond motifs is 1. The Morgan fingerprint density at radius 2 is 2.06 bits per heavy atom. The number of benzene rings is 1.